The van der Waals surface area contributed by atoms with Crippen molar-refractivity contribution in [3.63, 3.8) is 0 Å². The molecule has 0 bridgehead atoms. The van der Waals surface area contributed by atoms with E-state index in [2.05, 4.69) is 5.16 Å². The van der Waals surface area contributed by atoms with Gasteiger partial charge in [0.05, 0.1) is 11.3 Å². The normalized spacial score (nSPS) is 10.6. The second-order valence-electron chi connectivity index (χ2n) is 3.70. The van der Waals surface area contributed by atoms with E-state index in [9.17, 15) is 4.79 Å². The van der Waals surface area contributed by atoms with Crippen LogP contribution in [0.1, 0.15) is 11.1 Å². The first-order valence-corrected chi connectivity index (χ1v) is 5.20. The van der Waals surface area contributed by atoms with Crippen LogP contribution in [0.5, 0.6) is 0 Å². The van der Waals surface area contributed by atoms with Crippen LogP contribution in [0.3, 0.4) is 0 Å². The summed E-state index contributed by atoms with van der Waals surface area (Å²) in [5.74, 6) is 0. The third-order valence-corrected chi connectivity index (χ3v) is 2.60. The summed E-state index contributed by atoms with van der Waals surface area (Å²) in [6.07, 6.45) is 0.523. The molecule has 1 aromatic heterocycles. The molecular weight excluding hydrogens is 204 g/mol. The maximum absolute atomic E-state index is 11.5. The number of aromatic amines is 1. The van der Waals surface area contributed by atoms with E-state index in [0.717, 1.165) is 16.8 Å². The Bertz CT molecular complexity index is 540. The van der Waals surface area contributed by atoms with E-state index in [1.54, 1.807) is 0 Å². The molecule has 0 unspecified atom stereocenters. The minimum absolute atomic E-state index is 0.330. The van der Waals surface area contributed by atoms with Gasteiger partial charge in [0.25, 0.3) is 0 Å². The number of nitrogens with two attached hydrogens (primary N) is 1. The fourth-order valence-electron chi connectivity index (χ4n) is 1.76. The molecule has 84 valence electrons. The van der Waals surface area contributed by atoms with Crippen molar-refractivity contribution in [2.45, 2.75) is 13.3 Å². The van der Waals surface area contributed by atoms with Gasteiger partial charge >= 0.3 is 5.63 Å². The Hall–Kier alpha value is -1.81. The first-order valence-electron chi connectivity index (χ1n) is 5.20. The van der Waals surface area contributed by atoms with Crippen molar-refractivity contribution in [2.24, 2.45) is 5.73 Å². The van der Waals surface area contributed by atoms with Crippen LogP contribution in [0.4, 0.5) is 0 Å². The topological polar surface area (TPSA) is 72.0 Å². The quantitative estimate of drug-likeness (QED) is 0.818. The van der Waals surface area contributed by atoms with E-state index in [4.69, 9.17) is 10.3 Å². The lowest BCUT2D eigenvalue weighted by Gasteiger charge is -2.03. The zero-order valence-corrected chi connectivity index (χ0v) is 9.12. The Balaban J connectivity index is 2.56. The Morgan fingerprint density at radius 2 is 2.12 bits per heavy atom. The van der Waals surface area contributed by atoms with Gasteiger partial charge in [0, 0.05) is 5.56 Å². The van der Waals surface area contributed by atoms with Crippen molar-refractivity contribution < 1.29 is 4.52 Å². The van der Waals surface area contributed by atoms with Gasteiger partial charge in [-0.15, -0.1) is 0 Å². The molecule has 0 fully saturated rings. The van der Waals surface area contributed by atoms with Crippen LogP contribution in [0, 0.1) is 6.92 Å². The molecule has 1 heterocycles. The van der Waals surface area contributed by atoms with Gasteiger partial charge < -0.3 is 10.3 Å². The molecule has 0 aliphatic heterocycles. The lowest BCUT2D eigenvalue weighted by molar-refractivity contribution is 0.392. The standard InChI is InChI=1S/C12H14N2O2/c1-8-4-2-3-5-9(8)11-10(6-7-13)12(15)16-14-11/h2-5,14H,6-7,13H2,1H3. The molecule has 0 spiro atoms. The highest BCUT2D eigenvalue weighted by molar-refractivity contribution is 5.65. The van der Waals surface area contributed by atoms with Crippen LogP contribution >= 0.6 is 0 Å². The molecular formula is C12H14N2O2. The van der Waals surface area contributed by atoms with Crippen LogP contribution in [0.15, 0.2) is 33.6 Å². The van der Waals surface area contributed by atoms with Crippen molar-refractivity contribution in [3.05, 3.63) is 45.8 Å². The van der Waals surface area contributed by atoms with Gasteiger partial charge in [0.1, 0.15) is 0 Å². The molecule has 2 aromatic rings. The summed E-state index contributed by atoms with van der Waals surface area (Å²) < 4.78 is 4.82. The summed E-state index contributed by atoms with van der Waals surface area (Å²) in [6, 6.07) is 7.84. The highest BCUT2D eigenvalue weighted by atomic mass is 16.5. The van der Waals surface area contributed by atoms with Crippen molar-refractivity contribution in [1.82, 2.24) is 5.16 Å². The second kappa shape index (κ2) is 4.37. The number of benzene rings is 1. The maximum Gasteiger partial charge on any atom is 0.361 e. The lowest BCUT2D eigenvalue weighted by Crippen LogP contribution is -2.10. The molecule has 0 amide bonds. The summed E-state index contributed by atoms with van der Waals surface area (Å²) in [7, 11) is 0. The lowest BCUT2D eigenvalue weighted by atomic mass is 10.0. The van der Waals surface area contributed by atoms with Crippen molar-refractivity contribution in [3.8, 4) is 11.3 Å². The summed E-state index contributed by atoms with van der Waals surface area (Å²) >= 11 is 0. The minimum atomic E-state index is -0.330. The van der Waals surface area contributed by atoms with E-state index in [0.29, 0.717) is 18.5 Å². The van der Waals surface area contributed by atoms with E-state index in [-0.39, 0.29) is 5.63 Å². The summed E-state index contributed by atoms with van der Waals surface area (Å²) in [6.45, 7) is 2.42. The van der Waals surface area contributed by atoms with Crippen molar-refractivity contribution in [2.75, 3.05) is 6.54 Å². The Morgan fingerprint density at radius 3 is 2.81 bits per heavy atom. The largest absolute Gasteiger partial charge is 0.361 e. The average molecular weight is 218 g/mol. The number of hydrogen-bond donors (Lipinski definition) is 2. The fourth-order valence-corrected chi connectivity index (χ4v) is 1.76. The van der Waals surface area contributed by atoms with E-state index in [1.165, 1.54) is 0 Å². The number of hydrogen-bond acceptors (Lipinski definition) is 3. The Labute approximate surface area is 93.1 Å². The summed E-state index contributed by atoms with van der Waals surface area (Å²) in [5.41, 5.74) is 8.59. The van der Waals surface area contributed by atoms with Gasteiger partial charge in [-0.05, 0) is 25.5 Å². The first-order chi connectivity index (χ1) is 7.74. The van der Waals surface area contributed by atoms with Gasteiger partial charge in [-0.1, -0.05) is 24.3 Å². The van der Waals surface area contributed by atoms with Gasteiger partial charge in [0.2, 0.25) is 0 Å². The first kappa shape index (κ1) is 10.7. The monoisotopic (exact) mass is 218 g/mol. The molecule has 2 rings (SSSR count). The minimum Gasteiger partial charge on any atom is -0.338 e. The number of rotatable bonds is 3. The zero-order valence-electron chi connectivity index (χ0n) is 9.12. The highest BCUT2D eigenvalue weighted by Crippen LogP contribution is 2.23. The van der Waals surface area contributed by atoms with Crippen LogP contribution in [-0.2, 0) is 6.42 Å². The van der Waals surface area contributed by atoms with E-state index >= 15 is 0 Å². The van der Waals surface area contributed by atoms with Gasteiger partial charge in [-0.2, -0.15) is 0 Å². The fraction of sp³-hybridized carbons (Fsp3) is 0.250. The maximum atomic E-state index is 11.5. The third kappa shape index (κ3) is 1.79. The molecule has 0 aliphatic carbocycles. The van der Waals surface area contributed by atoms with Crippen molar-refractivity contribution >= 4 is 0 Å². The van der Waals surface area contributed by atoms with Crippen LogP contribution in [0.25, 0.3) is 11.3 Å². The van der Waals surface area contributed by atoms with Crippen LogP contribution < -0.4 is 11.4 Å². The molecule has 0 saturated carbocycles. The predicted molar refractivity (Wildman–Crippen MR) is 62.3 cm³/mol. The SMILES string of the molecule is Cc1ccccc1-c1[nH]oc(=O)c1CCN. The molecule has 4 heteroatoms. The van der Waals surface area contributed by atoms with E-state index in [1.807, 2.05) is 31.2 Å². The number of H-pyrrole nitrogens is 1. The van der Waals surface area contributed by atoms with E-state index < -0.39 is 0 Å². The molecule has 1 aromatic carbocycles. The number of nitrogens with one attached hydrogen (secondary N) is 1. The smallest absolute Gasteiger partial charge is 0.338 e. The third-order valence-electron chi connectivity index (χ3n) is 2.60. The number of aromatic nitrogens is 1. The van der Waals surface area contributed by atoms with Gasteiger partial charge in [-0.3, -0.25) is 0 Å². The molecule has 0 atom stereocenters. The molecule has 16 heavy (non-hydrogen) atoms. The van der Waals surface area contributed by atoms with Crippen LogP contribution in [0.2, 0.25) is 0 Å². The van der Waals surface area contributed by atoms with Gasteiger partial charge in [0.15, 0.2) is 0 Å². The van der Waals surface area contributed by atoms with Gasteiger partial charge in [-0.25, -0.2) is 9.95 Å². The predicted octanol–water partition coefficient (Wildman–Crippen LogP) is 1.44. The summed E-state index contributed by atoms with van der Waals surface area (Å²) in [4.78, 5) is 11.5. The van der Waals surface area contributed by atoms with Crippen LogP contribution in [-0.4, -0.2) is 11.7 Å². The molecule has 4 nitrogen and oxygen atoms in total. The Kier molecular flexibility index (Phi) is 2.92. The number of aryl methyl sites for hydroxylation is 1. The van der Waals surface area contributed by atoms with Crippen molar-refractivity contribution in [1.29, 1.82) is 0 Å². The molecule has 0 saturated heterocycles. The highest BCUT2D eigenvalue weighted by Gasteiger charge is 2.14. The average Bonchev–Trinajstić information content (AvgIpc) is 2.62. The summed E-state index contributed by atoms with van der Waals surface area (Å²) in [5, 5.41) is 2.67. The Morgan fingerprint density at radius 1 is 1.38 bits per heavy atom. The molecule has 0 radical (unpaired) electrons. The zero-order chi connectivity index (χ0) is 11.5. The molecule has 0 aliphatic rings. The second-order valence-corrected chi connectivity index (χ2v) is 3.70. The molecule has 3 N–H and O–H groups in total.